The fraction of sp³-hybridized carbons (Fsp3) is 0.647. The molecule has 0 amide bonds. The van der Waals surface area contributed by atoms with Crippen molar-refractivity contribution in [1.29, 1.82) is 0 Å². The van der Waals surface area contributed by atoms with E-state index in [2.05, 4.69) is 39.1 Å². The number of methoxy groups -OCH3 is 1. The Balaban J connectivity index is 2.75. The Labute approximate surface area is 123 Å². The van der Waals surface area contributed by atoms with Crippen LogP contribution in [-0.4, -0.2) is 19.8 Å². The topological polar surface area (TPSA) is 30.5 Å². The Bertz CT molecular complexity index is 391. The minimum absolute atomic E-state index is 0.247. The molecule has 20 heavy (non-hydrogen) atoms. The predicted octanol–water partition coefficient (Wildman–Crippen LogP) is 4.01. The summed E-state index contributed by atoms with van der Waals surface area (Å²) in [5.41, 5.74) is 1.16. The van der Waals surface area contributed by atoms with Gasteiger partial charge in [-0.2, -0.15) is 0 Å². The summed E-state index contributed by atoms with van der Waals surface area (Å²) in [6, 6.07) is 6.03. The lowest BCUT2D eigenvalue weighted by atomic mass is 10.1. The van der Waals surface area contributed by atoms with E-state index in [0.29, 0.717) is 5.92 Å². The summed E-state index contributed by atoms with van der Waals surface area (Å²) in [4.78, 5) is 0. The fourth-order valence-electron chi connectivity index (χ4n) is 2.11. The molecule has 1 aromatic rings. The van der Waals surface area contributed by atoms with Gasteiger partial charge in [0, 0.05) is 12.1 Å². The molecule has 0 spiro atoms. The minimum Gasteiger partial charge on any atom is -0.497 e. The maximum Gasteiger partial charge on any atom is 0.124 e. The van der Waals surface area contributed by atoms with Gasteiger partial charge in [-0.05, 0) is 44.0 Å². The maximum absolute atomic E-state index is 6.05. The van der Waals surface area contributed by atoms with E-state index < -0.39 is 0 Å². The van der Waals surface area contributed by atoms with Crippen LogP contribution in [0.1, 0.15) is 46.1 Å². The second kappa shape index (κ2) is 8.85. The third kappa shape index (κ3) is 5.83. The molecule has 0 heterocycles. The van der Waals surface area contributed by atoms with E-state index in [4.69, 9.17) is 9.47 Å². The first-order valence-corrected chi connectivity index (χ1v) is 7.61. The van der Waals surface area contributed by atoms with Crippen LogP contribution in [0, 0.1) is 5.92 Å². The first kappa shape index (κ1) is 16.8. The highest BCUT2D eigenvalue weighted by Gasteiger charge is 2.09. The van der Waals surface area contributed by atoms with Gasteiger partial charge in [0.15, 0.2) is 0 Å². The molecule has 0 aliphatic heterocycles. The van der Waals surface area contributed by atoms with Crippen molar-refractivity contribution in [3.63, 3.8) is 0 Å². The van der Waals surface area contributed by atoms with Gasteiger partial charge in [0.05, 0.1) is 13.2 Å². The van der Waals surface area contributed by atoms with Crippen LogP contribution in [0.15, 0.2) is 18.2 Å². The lowest BCUT2D eigenvalue weighted by Crippen LogP contribution is -2.20. The first-order chi connectivity index (χ1) is 9.56. The highest BCUT2D eigenvalue weighted by Crippen LogP contribution is 2.25. The highest BCUT2D eigenvalue weighted by molar-refractivity contribution is 5.40. The van der Waals surface area contributed by atoms with E-state index in [9.17, 15) is 0 Å². The summed E-state index contributed by atoms with van der Waals surface area (Å²) in [5, 5.41) is 3.46. The molecule has 0 aliphatic carbocycles. The van der Waals surface area contributed by atoms with Gasteiger partial charge in [-0.15, -0.1) is 0 Å². The van der Waals surface area contributed by atoms with Crippen molar-refractivity contribution in [3.05, 3.63) is 23.8 Å². The Morgan fingerprint density at radius 2 is 1.95 bits per heavy atom. The van der Waals surface area contributed by atoms with E-state index in [1.54, 1.807) is 7.11 Å². The SMILES string of the molecule is CCCC(C)Oc1ccc(OC)cc1CNCC(C)C. The van der Waals surface area contributed by atoms with Crippen LogP contribution < -0.4 is 14.8 Å². The summed E-state index contributed by atoms with van der Waals surface area (Å²) in [7, 11) is 1.70. The Hall–Kier alpha value is -1.22. The molecule has 0 saturated heterocycles. The number of nitrogens with one attached hydrogen (secondary N) is 1. The lowest BCUT2D eigenvalue weighted by Gasteiger charge is -2.18. The molecule has 1 aromatic carbocycles. The van der Waals surface area contributed by atoms with E-state index in [-0.39, 0.29) is 6.10 Å². The van der Waals surface area contributed by atoms with E-state index in [1.807, 2.05) is 12.1 Å². The van der Waals surface area contributed by atoms with Gasteiger partial charge in [0.25, 0.3) is 0 Å². The molecule has 0 radical (unpaired) electrons. The van der Waals surface area contributed by atoms with Gasteiger partial charge in [-0.1, -0.05) is 27.2 Å². The number of hydrogen-bond acceptors (Lipinski definition) is 3. The van der Waals surface area contributed by atoms with Gasteiger partial charge < -0.3 is 14.8 Å². The maximum atomic E-state index is 6.05. The van der Waals surface area contributed by atoms with Crippen LogP contribution in [0.4, 0.5) is 0 Å². The molecule has 1 rings (SSSR count). The summed E-state index contributed by atoms with van der Waals surface area (Å²) in [5.74, 6) is 2.48. The molecule has 1 N–H and O–H groups in total. The summed E-state index contributed by atoms with van der Waals surface area (Å²) >= 11 is 0. The van der Waals surface area contributed by atoms with Crippen molar-refractivity contribution in [2.75, 3.05) is 13.7 Å². The van der Waals surface area contributed by atoms with Crippen molar-refractivity contribution in [1.82, 2.24) is 5.32 Å². The Morgan fingerprint density at radius 1 is 1.20 bits per heavy atom. The van der Waals surface area contributed by atoms with Crippen LogP contribution in [0.2, 0.25) is 0 Å². The normalized spacial score (nSPS) is 12.5. The van der Waals surface area contributed by atoms with Crippen LogP contribution in [0.25, 0.3) is 0 Å². The molecule has 0 aromatic heterocycles. The van der Waals surface area contributed by atoms with Crippen molar-refractivity contribution in [2.24, 2.45) is 5.92 Å². The molecule has 0 bridgehead atoms. The average Bonchev–Trinajstić information content (AvgIpc) is 2.40. The fourth-order valence-corrected chi connectivity index (χ4v) is 2.11. The minimum atomic E-state index is 0.247. The second-order valence-electron chi connectivity index (χ2n) is 5.72. The van der Waals surface area contributed by atoms with E-state index in [1.165, 1.54) is 0 Å². The molecule has 0 aliphatic rings. The van der Waals surface area contributed by atoms with Crippen LogP contribution in [0.5, 0.6) is 11.5 Å². The predicted molar refractivity (Wildman–Crippen MR) is 84.5 cm³/mol. The lowest BCUT2D eigenvalue weighted by molar-refractivity contribution is 0.207. The Kier molecular flexibility index (Phi) is 7.45. The molecule has 0 fully saturated rings. The van der Waals surface area contributed by atoms with Crippen LogP contribution in [0.3, 0.4) is 0 Å². The number of benzene rings is 1. The van der Waals surface area contributed by atoms with Crippen LogP contribution >= 0.6 is 0 Å². The molecular weight excluding hydrogens is 250 g/mol. The van der Waals surface area contributed by atoms with Gasteiger partial charge in [0.1, 0.15) is 11.5 Å². The van der Waals surface area contributed by atoms with Gasteiger partial charge in [-0.25, -0.2) is 0 Å². The van der Waals surface area contributed by atoms with Crippen molar-refractivity contribution >= 4 is 0 Å². The quantitative estimate of drug-likeness (QED) is 0.741. The summed E-state index contributed by atoms with van der Waals surface area (Å²) in [6.07, 6.45) is 2.46. The zero-order chi connectivity index (χ0) is 15.0. The molecule has 1 atom stereocenters. The van der Waals surface area contributed by atoms with Crippen molar-refractivity contribution < 1.29 is 9.47 Å². The zero-order valence-electron chi connectivity index (χ0n) is 13.5. The summed E-state index contributed by atoms with van der Waals surface area (Å²) in [6.45, 7) is 10.5. The summed E-state index contributed by atoms with van der Waals surface area (Å²) < 4.78 is 11.4. The van der Waals surface area contributed by atoms with E-state index in [0.717, 1.165) is 43.0 Å². The van der Waals surface area contributed by atoms with Crippen molar-refractivity contribution in [2.45, 2.75) is 53.2 Å². The molecule has 3 nitrogen and oxygen atoms in total. The molecule has 1 unspecified atom stereocenters. The number of ether oxygens (including phenoxy) is 2. The van der Waals surface area contributed by atoms with Gasteiger partial charge in [-0.3, -0.25) is 0 Å². The third-order valence-electron chi connectivity index (χ3n) is 3.16. The first-order valence-electron chi connectivity index (χ1n) is 7.61. The Morgan fingerprint density at radius 3 is 2.55 bits per heavy atom. The van der Waals surface area contributed by atoms with Crippen LogP contribution in [-0.2, 0) is 6.54 Å². The second-order valence-corrected chi connectivity index (χ2v) is 5.72. The zero-order valence-corrected chi connectivity index (χ0v) is 13.5. The van der Waals surface area contributed by atoms with Gasteiger partial charge in [0.2, 0.25) is 0 Å². The number of hydrogen-bond donors (Lipinski definition) is 1. The largest absolute Gasteiger partial charge is 0.497 e. The van der Waals surface area contributed by atoms with E-state index >= 15 is 0 Å². The number of rotatable bonds is 9. The average molecular weight is 279 g/mol. The standard InChI is InChI=1S/C17H29NO2/c1-6-7-14(4)20-17-9-8-16(19-5)10-15(17)12-18-11-13(2)3/h8-10,13-14,18H,6-7,11-12H2,1-5H3. The highest BCUT2D eigenvalue weighted by atomic mass is 16.5. The monoisotopic (exact) mass is 279 g/mol. The smallest absolute Gasteiger partial charge is 0.124 e. The van der Waals surface area contributed by atoms with Crippen molar-refractivity contribution in [3.8, 4) is 11.5 Å². The van der Waals surface area contributed by atoms with Gasteiger partial charge >= 0.3 is 0 Å². The molecule has 3 heteroatoms. The molecule has 0 saturated carbocycles. The third-order valence-corrected chi connectivity index (χ3v) is 3.16. The molecular formula is C17H29NO2. The molecule has 114 valence electrons.